The second kappa shape index (κ2) is 7.32. The normalized spacial score (nSPS) is 11.8. The summed E-state index contributed by atoms with van der Waals surface area (Å²) in [6.07, 6.45) is -1.12. The number of methoxy groups -OCH3 is 1. The van der Waals surface area contributed by atoms with Gasteiger partial charge in [0.05, 0.1) is 23.7 Å². The van der Waals surface area contributed by atoms with Crippen LogP contribution in [0, 0.1) is 5.82 Å². The monoisotopic (exact) mass is 373 g/mol. The maximum atomic E-state index is 13.7. The standard InChI is InChI=1S/C18H16FN3O5/c1-9(27-17(24)10-3-6-15(26-2)12(19)7-10)16(23)20-11-4-5-13-14(8-11)22-18(25)21-13/h3-9H,1-2H3,(H,20,23)(H2,21,22,25)/t9-/m1/s1. The van der Waals surface area contributed by atoms with Crippen LogP contribution in [0.1, 0.15) is 17.3 Å². The van der Waals surface area contributed by atoms with Gasteiger partial charge < -0.3 is 24.8 Å². The van der Waals surface area contributed by atoms with Crippen LogP contribution in [0.2, 0.25) is 0 Å². The fraction of sp³-hybridized carbons (Fsp3) is 0.167. The van der Waals surface area contributed by atoms with E-state index in [2.05, 4.69) is 15.3 Å². The van der Waals surface area contributed by atoms with E-state index in [0.717, 1.165) is 6.07 Å². The van der Waals surface area contributed by atoms with E-state index in [1.807, 2.05) is 0 Å². The fourth-order valence-electron chi connectivity index (χ4n) is 2.43. The average molecular weight is 373 g/mol. The van der Waals surface area contributed by atoms with Crippen LogP contribution < -0.4 is 15.7 Å². The van der Waals surface area contributed by atoms with Crippen molar-refractivity contribution in [2.75, 3.05) is 12.4 Å². The number of nitrogens with one attached hydrogen (secondary N) is 3. The Morgan fingerprint density at radius 3 is 2.56 bits per heavy atom. The summed E-state index contributed by atoms with van der Waals surface area (Å²) < 4.78 is 23.5. The van der Waals surface area contributed by atoms with Gasteiger partial charge in [-0.05, 0) is 43.3 Å². The number of H-pyrrole nitrogens is 2. The molecule has 27 heavy (non-hydrogen) atoms. The molecule has 0 saturated heterocycles. The summed E-state index contributed by atoms with van der Waals surface area (Å²) in [6.45, 7) is 1.39. The molecule has 3 N–H and O–H groups in total. The predicted octanol–water partition coefficient (Wildman–Crippen LogP) is 2.19. The SMILES string of the molecule is COc1ccc(C(=O)O[C@H](C)C(=O)Nc2ccc3[nH]c(=O)[nH]c3c2)cc1F. The molecule has 1 atom stereocenters. The third-order valence-electron chi connectivity index (χ3n) is 3.82. The Labute approximate surface area is 152 Å². The van der Waals surface area contributed by atoms with Crippen molar-refractivity contribution in [1.29, 1.82) is 0 Å². The van der Waals surface area contributed by atoms with Gasteiger partial charge in [0, 0.05) is 5.69 Å². The minimum absolute atomic E-state index is 0.00414. The second-order valence-corrected chi connectivity index (χ2v) is 5.73. The molecule has 1 heterocycles. The number of fused-ring (bicyclic) bond motifs is 1. The molecule has 3 rings (SSSR count). The number of halogens is 1. The van der Waals surface area contributed by atoms with Crippen molar-refractivity contribution in [3.05, 3.63) is 58.3 Å². The van der Waals surface area contributed by atoms with Crippen molar-refractivity contribution >= 4 is 28.6 Å². The summed E-state index contributed by atoms with van der Waals surface area (Å²) in [4.78, 5) is 40.7. The number of aromatic amines is 2. The number of ether oxygens (including phenoxy) is 2. The molecule has 140 valence electrons. The van der Waals surface area contributed by atoms with Gasteiger partial charge in [-0.1, -0.05) is 0 Å². The summed E-state index contributed by atoms with van der Waals surface area (Å²) in [7, 11) is 1.31. The Balaban J connectivity index is 1.66. The highest BCUT2D eigenvalue weighted by molar-refractivity contribution is 5.98. The molecular weight excluding hydrogens is 357 g/mol. The number of benzene rings is 2. The van der Waals surface area contributed by atoms with Crippen LogP contribution >= 0.6 is 0 Å². The molecule has 0 aliphatic carbocycles. The summed E-state index contributed by atoms with van der Waals surface area (Å²) in [5.74, 6) is -2.13. The first kappa shape index (κ1) is 18.2. The van der Waals surface area contributed by atoms with Gasteiger partial charge >= 0.3 is 11.7 Å². The third-order valence-corrected chi connectivity index (χ3v) is 3.82. The highest BCUT2D eigenvalue weighted by Gasteiger charge is 2.20. The van der Waals surface area contributed by atoms with Crippen LogP contribution in [0.15, 0.2) is 41.2 Å². The van der Waals surface area contributed by atoms with E-state index in [0.29, 0.717) is 16.7 Å². The molecule has 9 heteroatoms. The van der Waals surface area contributed by atoms with Gasteiger partial charge in [0.15, 0.2) is 17.7 Å². The highest BCUT2D eigenvalue weighted by Crippen LogP contribution is 2.19. The maximum absolute atomic E-state index is 13.7. The molecule has 1 aromatic heterocycles. The van der Waals surface area contributed by atoms with Gasteiger partial charge in [-0.2, -0.15) is 0 Å². The van der Waals surface area contributed by atoms with E-state index in [1.54, 1.807) is 18.2 Å². The van der Waals surface area contributed by atoms with Crippen molar-refractivity contribution in [1.82, 2.24) is 9.97 Å². The topological polar surface area (TPSA) is 113 Å². The van der Waals surface area contributed by atoms with Gasteiger partial charge in [0.25, 0.3) is 5.91 Å². The van der Waals surface area contributed by atoms with E-state index in [4.69, 9.17) is 9.47 Å². The van der Waals surface area contributed by atoms with E-state index in [1.165, 1.54) is 26.2 Å². The molecule has 8 nitrogen and oxygen atoms in total. The third kappa shape index (κ3) is 3.97. The van der Waals surface area contributed by atoms with Crippen molar-refractivity contribution in [3.63, 3.8) is 0 Å². The van der Waals surface area contributed by atoms with E-state index in [-0.39, 0.29) is 17.0 Å². The minimum atomic E-state index is -1.12. The van der Waals surface area contributed by atoms with Gasteiger partial charge in [0.2, 0.25) is 0 Å². The summed E-state index contributed by atoms with van der Waals surface area (Å²) >= 11 is 0. The predicted molar refractivity (Wildman–Crippen MR) is 95.4 cm³/mol. The molecule has 0 aliphatic heterocycles. The lowest BCUT2D eigenvalue weighted by atomic mass is 10.2. The van der Waals surface area contributed by atoms with Crippen LogP contribution in [-0.4, -0.2) is 35.1 Å². The van der Waals surface area contributed by atoms with Crippen LogP contribution in [-0.2, 0) is 9.53 Å². The van der Waals surface area contributed by atoms with Crippen molar-refractivity contribution in [3.8, 4) is 5.75 Å². The Kier molecular flexibility index (Phi) is 4.93. The Bertz CT molecular complexity index is 1070. The van der Waals surface area contributed by atoms with Gasteiger partial charge in [-0.3, -0.25) is 4.79 Å². The number of amides is 1. The smallest absolute Gasteiger partial charge is 0.339 e. The molecule has 0 unspecified atom stereocenters. The van der Waals surface area contributed by atoms with Crippen molar-refractivity contribution in [2.24, 2.45) is 0 Å². The lowest BCUT2D eigenvalue weighted by Crippen LogP contribution is -2.30. The van der Waals surface area contributed by atoms with Crippen LogP contribution in [0.25, 0.3) is 11.0 Å². The zero-order valence-electron chi connectivity index (χ0n) is 14.5. The molecule has 3 aromatic rings. The molecule has 0 saturated carbocycles. The highest BCUT2D eigenvalue weighted by atomic mass is 19.1. The van der Waals surface area contributed by atoms with E-state index >= 15 is 0 Å². The van der Waals surface area contributed by atoms with Gasteiger partial charge in [0.1, 0.15) is 0 Å². The Hall–Kier alpha value is -3.62. The number of carbonyl (C=O) groups excluding carboxylic acids is 2. The molecule has 2 aromatic carbocycles. The molecule has 0 spiro atoms. The number of hydrogen-bond acceptors (Lipinski definition) is 5. The number of anilines is 1. The number of aromatic nitrogens is 2. The average Bonchev–Trinajstić information content (AvgIpc) is 3.00. The van der Waals surface area contributed by atoms with Crippen LogP contribution in [0.4, 0.5) is 10.1 Å². The molecule has 0 aliphatic rings. The number of rotatable bonds is 5. The largest absolute Gasteiger partial charge is 0.494 e. The summed E-state index contributed by atoms with van der Waals surface area (Å²) in [5, 5.41) is 2.58. The summed E-state index contributed by atoms with van der Waals surface area (Å²) in [5.41, 5.74) is 1.14. The number of esters is 1. The quantitative estimate of drug-likeness (QED) is 0.593. The fourth-order valence-corrected chi connectivity index (χ4v) is 2.43. The van der Waals surface area contributed by atoms with Gasteiger partial charge in [-0.15, -0.1) is 0 Å². The molecular formula is C18H16FN3O5. The van der Waals surface area contributed by atoms with Crippen molar-refractivity contribution in [2.45, 2.75) is 13.0 Å². The van der Waals surface area contributed by atoms with E-state index in [9.17, 15) is 18.8 Å². The lowest BCUT2D eigenvalue weighted by molar-refractivity contribution is -0.123. The van der Waals surface area contributed by atoms with E-state index < -0.39 is 23.8 Å². The lowest BCUT2D eigenvalue weighted by Gasteiger charge is -2.14. The molecule has 0 radical (unpaired) electrons. The minimum Gasteiger partial charge on any atom is -0.494 e. The first-order valence-corrected chi connectivity index (χ1v) is 7.95. The number of hydrogen-bond donors (Lipinski definition) is 3. The Morgan fingerprint density at radius 1 is 1.11 bits per heavy atom. The van der Waals surface area contributed by atoms with Crippen LogP contribution in [0.3, 0.4) is 0 Å². The van der Waals surface area contributed by atoms with Crippen molar-refractivity contribution < 1.29 is 23.5 Å². The molecule has 1 amide bonds. The number of carbonyl (C=O) groups is 2. The molecule has 0 bridgehead atoms. The first-order valence-electron chi connectivity index (χ1n) is 7.95. The summed E-state index contributed by atoms with van der Waals surface area (Å²) in [6, 6.07) is 8.39. The zero-order chi connectivity index (χ0) is 19.6. The second-order valence-electron chi connectivity index (χ2n) is 5.73. The number of imidazole rings is 1. The zero-order valence-corrected chi connectivity index (χ0v) is 14.5. The van der Waals surface area contributed by atoms with Gasteiger partial charge in [-0.25, -0.2) is 14.0 Å². The first-order chi connectivity index (χ1) is 12.9. The Morgan fingerprint density at radius 2 is 1.85 bits per heavy atom. The maximum Gasteiger partial charge on any atom is 0.339 e. The molecule has 0 fully saturated rings. The van der Waals surface area contributed by atoms with Crippen LogP contribution in [0.5, 0.6) is 5.75 Å².